The van der Waals surface area contributed by atoms with Crippen LogP contribution in [0.1, 0.15) is 30.9 Å². The molecule has 1 heterocycles. The summed E-state index contributed by atoms with van der Waals surface area (Å²) < 4.78 is 5.85. The monoisotopic (exact) mass is 234 g/mol. The maximum atomic E-state index is 5.85. The molecule has 1 aliphatic rings. The molecule has 0 spiro atoms. The summed E-state index contributed by atoms with van der Waals surface area (Å²) in [5, 5.41) is 0. The van der Waals surface area contributed by atoms with Crippen molar-refractivity contribution in [2.45, 2.75) is 45.7 Å². The van der Waals surface area contributed by atoms with Gasteiger partial charge in [0.15, 0.2) is 0 Å². The van der Waals surface area contributed by atoms with Gasteiger partial charge in [-0.15, -0.1) is 0 Å². The summed E-state index contributed by atoms with van der Waals surface area (Å²) in [6.45, 7) is 7.20. The molecule has 1 aromatic rings. The lowest BCUT2D eigenvalue weighted by atomic mass is 10.1. The maximum absolute atomic E-state index is 5.85. The van der Waals surface area contributed by atoms with Crippen LogP contribution >= 0.6 is 0 Å². The zero-order valence-electron chi connectivity index (χ0n) is 10.9. The molecule has 1 aromatic carbocycles. The molecule has 1 fully saturated rings. The minimum absolute atomic E-state index is 0.537. The first-order chi connectivity index (χ1) is 8.16. The molecule has 0 aromatic heterocycles. The predicted molar refractivity (Wildman–Crippen MR) is 70.2 cm³/mol. The van der Waals surface area contributed by atoms with Gasteiger partial charge in [0.1, 0.15) is 5.75 Å². The molecular weight excluding hydrogens is 212 g/mol. The summed E-state index contributed by atoms with van der Waals surface area (Å²) >= 11 is 0. The number of hydrogen-bond acceptors (Lipinski definition) is 3. The smallest absolute Gasteiger partial charge is 0.122 e. The summed E-state index contributed by atoms with van der Waals surface area (Å²) in [5.74, 6) is 1.02. The standard InChI is InChI=1S/C14H22N2O/c1-10-5-4-6-14(12(10)3)17-8-7-13-9-11(2)15-16-13/h4-6,11,13,15-16H,7-9H2,1-3H3. The zero-order chi connectivity index (χ0) is 12.3. The number of hydrogen-bond donors (Lipinski definition) is 2. The lowest BCUT2D eigenvalue weighted by Crippen LogP contribution is -2.33. The van der Waals surface area contributed by atoms with E-state index in [2.05, 4.69) is 43.8 Å². The van der Waals surface area contributed by atoms with E-state index in [0.717, 1.165) is 18.8 Å². The molecule has 3 heteroatoms. The third-order valence-electron chi connectivity index (χ3n) is 3.45. The van der Waals surface area contributed by atoms with E-state index in [-0.39, 0.29) is 0 Å². The van der Waals surface area contributed by atoms with Crippen molar-refractivity contribution >= 4 is 0 Å². The minimum atomic E-state index is 0.537. The molecule has 3 nitrogen and oxygen atoms in total. The molecular formula is C14H22N2O. The topological polar surface area (TPSA) is 33.3 Å². The van der Waals surface area contributed by atoms with Crippen LogP contribution in [0.5, 0.6) is 5.75 Å². The van der Waals surface area contributed by atoms with E-state index >= 15 is 0 Å². The highest BCUT2D eigenvalue weighted by atomic mass is 16.5. The fourth-order valence-electron chi connectivity index (χ4n) is 2.19. The summed E-state index contributed by atoms with van der Waals surface area (Å²) in [5.41, 5.74) is 9.06. The molecule has 0 saturated carbocycles. The normalized spacial score (nSPS) is 23.9. The first-order valence-electron chi connectivity index (χ1n) is 6.37. The van der Waals surface area contributed by atoms with E-state index in [1.54, 1.807) is 0 Å². The fourth-order valence-corrected chi connectivity index (χ4v) is 2.19. The van der Waals surface area contributed by atoms with Gasteiger partial charge in [-0.1, -0.05) is 12.1 Å². The maximum Gasteiger partial charge on any atom is 0.122 e. The van der Waals surface area contributed by atoms with Crippen LogP contribution in [-0.4, -0.2) is 18.7 Å². The molecule has 2 atom stereocenters. The van der Waals surface area contributed by atoms with E-state index in [9.17, 15) is 0 Å². The van der Waals surface area contributed by atoms with Crippen LogP contribution in [0.15, 0.2) is 18.2 Å². The van der Waals surface area contributed by atoms with Crippen LogP contribution in [0.25, 0.3) is 0 Å². The highest BCUT2D eigenvalue weighted by molar-refractivity contribution is 5.38. The van der Waals surface area contributed by atoms with Crippen LogP contribution in [0.3, 0.4) is 0 Å². The third kappa shape index (κ3) is 3.20. The Morgan fingerprint density at radius 3 is 2.82 bits per heavy atom. The second-order valence-electron chi connectivity index (χ2n) is 4.96. The van der Waals surface area contributed by atoms with Gasteiger partial charge in [-0.3, -0.25) is 10.9 Å². The summed E-state index contributed by atoms with van der Waals surface area (Å²) in [4.78, 5) is 0. The fraction of sp³-hybridized carbons (Fsp3) is 0.571. The highest BCUT2D eigenvalue weighted by Crippen LogP contribution is 2.21. The van der Waals surface area contributed by atoms with Crippen molar-refractivity contribution in [1.82, 2.24) is 10.9 Å². The third-order valence-corrected chi connectivity index (χ3v) is 3.45. The molecule has 94 valence electrons. The van der Waals surface area contributed by atoms with Crippen LogP contribution in [0, 0.1) is 13.8 Å². The first kappa shape index (κ1) is 12.4. The Balaban J connectivity index is 1.80. The van der Waals surface area contributed by atoms with Crippen LogP contribution in [-0.2, 0) is 0 Å². The molecule has 1 saturated heterocycles. The Morgan fingerprint density at radius 1 is 1.29 bits per heavy atom. The van der Waals surface area contributed by atoms with Crippen LogP contribution in [0.4, 0.5) is 0 Å². The van der Waals surface area contributed by atoms with Crippen molar-refractivity contribution in [3.05, 3.63) is 29.3 Å². The molecule has 2 unspecified atom stereocenters. The zero-order valence-corrected chi connectivity index (χ0v) is 10.9. The number of ether oxygens (including phenoxy) is 1. The number of nitrogens with one attached hydrogen (secondary N) is 2. The van der Waals surface area contributed by atoms with Gasteiger partial charge in [0, 0.05) is 12.1 Å². The Kier molecular flexibility index (Phi) is 4.02. The summed E-state index contributed by atoms with van der Waals surface area (Å²) in [6.07, 6.45) is 2.22. The molecule has 2 N–H and O–H groups in total. The largest absolute Gasteiger partial charge is 0.493 e. The van der Waals surface area contributed by atoms with Crippen LogP contribution < -0.4 is 15.6 Å². The molecule has 17 heavy (non-hydrogen) atoms. The molecule has 2 rings (SSSR count). The SMILES string of the molecule is Cc1cccc(OCCC2CC(C)NN2)c1C. The molecule has 0 bridgehead atoms. The Labute approximate surface area is 104 Å². The molecule has 0 aliphatic carbocycles. The summed E-state index contributed by atoms with van der Waals surface area (Å²) in [6, 6.07) is 7.32. The quantitative estimate of drug-likeness (QED) is 0.839. The van der Waals surface area contributed by atoms with Gasteiger partial charge in [0.05, 0.1) is 6.61 Å². The van der Waals surface area contributed by atoms with Crippen molar-refractivity contribution in [3.8, 4) is 5.75 Å². The number of benzene rings is 1. The number of rotatable bonds is 4. The van der Waals surface area contributed by atoms with E-state index < -0.39 is 0 Å². The van der Waals surface area contributed by atoms with Gasteiger partial charge in [-0.25, -0.2) is 0 Å². The number of hydrazine groups is 1. The lowest BCUT2D eigenvalue weighted by molar-refractivity contribution is 0.288. The van der Waals surface area contributed by atoms with Crippen molar-refractivity contribution in [2.75, 3.05) is 6.61 Å². The lowest BCUT2D eigenvalue weighted by Gasteiger charge is -2.13. The van der Waals surface area contributed by atoms with E-state index in [1.165, 1.54) is 17.5 Å². The predicted octanol–water partition coefficient (Wildman–Crippen LogP) is 2.33. The first-order valence-corrected chi connectivity index (χ1v) is 6.37. The van der Waals surface area contributed by atoms with Gasteiger partial charge in [-0.05, 0) is 50.8 Å². The minimum Gasteiger partial charge on any atom is -0.493 e. The van der Waals surface area contributed by atoms with Gasteiger partial charge in [0.25, 0.3) is 0 Å². The van der Waals surface area contributed by atoms with E-state index in [0.29, 0.717) is 12.1 Å². The highest BCUT2D eigenvalue weighted by Gasteiger charge is 2.19. The number of aryl methyl sites for hydroxylation is 1. The van der Waals surface area contributed by atoms with Crippen molar-refractivity contribution in [3.63, 3.8) is 0 Å². The molecule has 1 aliphatic heterocycles. The molecule has 0 amide bonds. The Bertz CT molecular complexity index is 378. The van der Waals surface area contributed by atoms with Gasteiger partial charge in [0.2, 0.25) is 0 Å². The van der Waals surface area contributed by atoms with Crippen LogP contribution in [0.2, 0.25) is 0 Å². The van der Waals surface area contributed by atoms with Crippen molar-refractivity contribution in [1.29, 1.82) is 0 Å². The second-order valence-corrected chi connectivity index (χ2v) is 4.96. The second kappa shape index (κ2) is 5.52. The van der Waals surface area contributed by atoms with E-state index in [1.807, 2.05) is 6.07 Å². The van der Waals surface area contributed by atoms with Gasteiger partial charge in [-0.2, -0.15) is 0 Å². The Morgan fingerprint density at radius 2 is 2.12 bits per heavy atom. The van der Waals surface area contributed by atoms with Crippen molar-refractivity contribution in [2.24, 2.45) is 0 Å². The molecule has 0 radical (unpaired) electrons. The average Bonchev–Trinajstić information content (AvgIpc) is 2.70. The van der Waals surface area contributed by atoms with E-state index in [4.69, 9.17) is 4.74 Å². The average molecular weight is 234 g/mol. The van der Waals surface area contributed by atoms with Crippen molar-refractivity contribution < 1.29 is 4.74 Å². The summed E-state index contributed by atoms with van der Waals surface area (Å²) in [7, 11) is 0. The van der Waals surface area contributed by atoms with Gasteiger partial charge < -0.3 is 4.74 Å². The Hall–Kier alpha value is -1.06. The van der Waals surface area contributed by atoms with Gasteiger partial charge >= 0.3 is 0 Å².